The Hall–Kier alpha value is -3.99. The van der Waals surface area contributed by atoms with Gasteiger partial charge in [-0.05, 0) is 42.8 Å². The van der Waals surface area contributed by atoms with Crippen molar-refractivity contribution in [2.75, 3.05) is 31.5 Å². The van der Waals surface area contributed by atoms with Gasteiger partial charge in [0.25, 0.3) is 5.89 Å². The maximum atomic E-state index is 11.3. The van der Waals surface area contributed by atoms with Gasteiger partial charge in [0.1, 0.15) is 5.82 Å². The van der Waals surface area contributed by atoms with Gasteiger partial charge in [-0.2, -0.15) is 4.98 Å². The molecule has 164 valence electrons. The quantitative estimate of drug-likeness (QED) is 0.435. The predicted octanol–water partition coefficient (Wildman–Crippen LogP) is 2.26. The summed E-state index contributed by atoms with van der Waals surface area (Å²) in [6.07, 6.45) is 1.77. The number of imidazole rings is 1. The fraction of sp³-hybridized carbons (Fsp3) is 0.286. The van der Waals surface area contributed by atoms with Gasteiger partial charge in [0.15, 0.2) is 5.82 Å². The number of primary amides is 1. The zero-order chi connectivity index (χ0) is 22.1. The number of fused-ring (bicyclic) bond motifs is 1. The molecule has 1 saturated heterocycles. The number of benzene rings is 1. The van der Waals surface area contributed by atoms with Crippen molar-refractivity contribution in [1.82, 2.24) is 34.9 Å². The molecule has 4 aromatic rings. The number of nitrogens with one attached hydrogen (secondary N) is 2. The zero-order valence-corrected chi connectivity index (χ0v) is 17.6. The molecule has 4 heterocycles. The molecule has 0 aliphatic carbocycles. The van der Waals surface area contributed by atoms with Gasteiger partial charge in [0.05, 0.1) is 11.0 Å². The highest BCUT2D eigenvalue weighted by Crippen LogP contribution is 2.24. The third-order valence-corrected chi connectivity index (χ3v) is 5.42. The highest BCUT2D eigenvalue weighted by molar-refractivity contribution is 5.82. The van der Waals surface area contributed by atoms with E-state index < -0.39 is 0 Å². The van der Waals surface area contributed by atoms with E-state index in [1.165, 1.54) is 0 Å². The molecule has 1 aliphatic rings. The molecule has 2 amide bonds. The molecule has 0 bridgehead atoms. The second-order valence-corrected chi connectivity index (χ2v) is 7.74. The lowest BCUT2D eigenvalue weighted by atomic mass is 10.2. The summed E-state index contributed by atoms with van der Waals surface area (Å²) >= 11 is 0. The molecule has 0 saturated carbocycles. The van der Waals surface area contributed by atoms with Crippen LogP contribution in [0.1, 0.15) is 11.4 Å². The maximum absolute atomic E-state index is 11.3. The standard InChI is InChI=1S/C21H23N9O2/c1-13-24-19(32-28-13)15-2-3-16-17(11-15)26-21(25-16)27-18-10-14(4-5-23-18)12-29-6-8-30(9-7-29)20(22)31/h2-5,10-11H,6-9,12H2,1H3,(H2,22,31)(H2,23,25,26,27). The smallest absolute Gasteiger partial charge is 0.314 e. The summed E-state index contributed by atoms with van der Waals surface area (Å²) in [7, 11) is 0. The number of aryl methyl sites for hydroxylation is 1. The Kier molecular flexibility index (Phi) is 5.15. The van der Waals surface area contributed by atoms with Crippen molar-refractivity contribution in [2.24, 2.45) is 5.73 Å². The summed E-state index contributed by atoms with van der Waals surface area (Å²) in [5.74, 6) is 2.36. The molecule has 0 spiro atoms. The number of aromatic amines is 1. The first-order valence-corrected chi connectivity index (χ1v) is 10.3. The van der Waals surface area contributed by atoms with Gasteiger partial charge >= 0.3 is 6.03 Å². The Morgan fingerprint density at radius 3 is 2.78 bits per heavy atom. The van der Waals surface area contributed by atoms with Crippen molar-refractivity contribution < 1.29 is 9.32 Å². The minimum atomic E-state index is -0.356. The van der Waals surface area contributed by atoms with Crippen LogP contribution < -0.4 is 11.1 Å². The molecule has 1 aromatic carbocycles. The third kappa shape index (κ3) is 4.23. The summed E-state index contributed by atoms with van der Waals surface area (Å²) in [4.78, 5) is 31.8. The van der Waals surface area contributed by atoms with Crippen LogP contribution in [-0.2, 0) is 6.54 Å². The first kappa shape index (κ1) is 19.9. The minimum Gasteiger partial charge on any atom is -0.351 e. The van der Waals surface area contributed by atoms with Gasteiger partial charge in [-0.3, -0.25) is 4.90 Å². The van der Waals surface area contributed by atoms with E-state index in [4.69, 9.17) is 10.3 Å². The molecule has 11 heteroatoms. The van der Waals surface area contributed by atoms with Crippen LogP contribution in [0.5, 0.6) is 0 Å². The number of amides is 2. The minimum absolute atomic E-state index is 0.356. The van der Waals surface area contributed by atoms with Crippen LogP contribution >= 0.6 is 0 Å². The number of aromatic nitrogens is 5. The monoisotopic (exact) mass is 433 g/mol. The van der Waals surface area contributed by atoms with Crippen LogP contribution in [0.25, 0.3) is 22.5 Å². The van der Waals surface area contributed by atoms with Crippen molar-refractivity contribution in [3.63, 3.8) is 0 Å². The number of hydrogen-bond donors (Lipinski definition) is 3. The number of rotatable bonds is 5. The van der Waals surface area contributed by atoms with Crippen LogP contribution in [-0.4, -0.2) is 67.1 Å². The Balaban J connectivity index is 1.27. The second kappa shape index (κ2) is 8.27. The number of urea groups is 1. The number of H-pyrrole nitrogens is 1. The normalized spacial score (nSPS) is 14.7. The summed E-state index contributed by atoms with van der Waals surface area (Å²) < 4.78 is 5.24. The first-order valence-electron chi connectivity index (χ1n) is 10.3. The number of nitrogens with zero attached hydrogens (tertiary/aromatic N) is 6. The van der Waals surface area contributed by atoms with Crippen molar-refractivity contribution in [2.45, 2.75) is 13.5 Å². The molecule has 0 radical (unpaired) electrons. The number of hydrogen-bond acceptors (Lipinski definition) is 8. The zero-order valence-electron chi connectivity index (χ0n) is 17.6. The Bertz CT molecular complexity index is 1260. The lowest BCUT2D eigenvalue weighted by molar-refractivity contribution is 0.140. The lowest BCUT2D eigenvalue weighted by Crippen LogP contribution is -2.50. The molecule has 4 N–H and O–H groups in total. The molecule has 0 unspecified atom stereocenters. The van der Waals surface area contributed by atoms with E-state index in [0.717, 1.165) is 41.8 Å². The second-order valence-electron chi connectivity index (χ2n) is 7.74. The van der Waals surface area contributed by atoms with Gasteiger partial charge in [-0.15, -0.1) is 0 Å². The number of carbonyl (C=O) groups excluding carboxylic acids is 1. The number of nitrogens with two attached hydrogens (primary N) is 1. The lowest BCUT2D eigenvalue weighted by Gasteiger charge is -2.33. The molecule has 1 fully saturated rings. The van der Waals surface area contributed by atoms with Crippen LogP contribution in [0.15, 0.2) is 41.1 Å². The number of carbonyl (C=O) groups is 1. The van der Waals surface area contributed by atoms with E-state index >= 15 is 0 Å². The van der Waals surface area contributed by atoms with E-state index in [2.05, 4.69) is 35.3 Å². The van der Waals surface area contributed by atoms with Crippen LogP contribution in [0.4, 0.5) is 16.6 Å². The van der Waals surface area contributed by atoms with Gasteiger partial charge in [0, 0.05) is 44.5 Å². The van der Waals surface area contributed by atoms with E-state index in [0.29, 0.717) is 36.6 Å². The van der Waals surface area contributed by atoms with Crippen molar-refractivity contribution in [1.29, 1.82) is 0 Å². The number of piperazine rings is 1. The Morgan fingerprint density at radius 2 is 2.03 bits per heavy atom. The molecular weight excluding hydrogens is 410 g/mol. The summed E-state index contributed by atoms with van der Waals surface area (Å²) in [5.41, 5.74) is 8.97. The average molecular weight is 433 g/mol. The van der Waals surface area contributed by atoms with Crippen molar-refractivity contribution in [3.05, 3.63) is 47.9 Å². The number of anilines is 2. The highest BCUT2D eigenvalue weighted by atomic mass is 16.5. The van der Waals surface area contributed by atoms with Gasteiger partial charge < -0.3 is 25.5 Å². The topological polar surface area (TPSA) is 142 Å². The Morgan fingerprint density at radius 1 is 1.19 bits per heavy atom. The van der Waals surface area contributed by atoms with Crippen molar-refractivity contribution in [3.8, 4) is 11.5 Å². The number of pyridine rings is 1. The van der Waals surface area contributed by atoms with E-state index in [1.807, 2.05) is 30.3 Å². The molecular formula is C21H23N9O2. The van der Waals surface area contributed by atoms with Crippen LogP contribution in [0.3, 0.4) is 0 Å². The molecule has 5 rings (SSSR count). The summed E-state index contributed by atoms with van der Waals surface area (Å²) in [6.45, 7) is 5.44. The molecule has 1 aliphatic heterocycles. The molecule has 32 heavy (non-hydrogen) atoms. The van der Waals surface area contributed by atoms with Crippen molar-refractivity contribution >= 4 is 28.8 Å². The van der Waals surface area contributed by atoms with Crippen LogP contribution in [0.2, 0.25) is 0 Å². The average Bonchev–Trinajstić information content (AvgIpc) is 3.39. The third-order valence-electron chi connectivity index (χ3n) is 5.42. The van der Waals surface area contributed by atoms with E-state index in [9.17, 15) is 4.79 Å². The maximum Gasteiger partial charge on any atom is 0.314 e. The molecule has 11 nitrogen and oxygen atoms in total. The van der Waals surface area contributed by atoms with E-state index in [-0.39, 0.29) is 6.03 Å². The first-order chi connectivity index (χ1) is 15.5. The van der Waals surface area contributed by atoms with E-state index in [1.54, 1.807) is 18.0 Å². The fourth-order valence-corrected chi connectivity index (χ4v) is 3.76. The summed E-state index contributed by atoms with van der Waals surface area (Å²) in [5, 5.41) is 7.08. The largest absolute Gasteiger partial charge is 0.351 e. The fourth-order valence-electron chi connectivity index (χ4n) is 3.76. The molecule has 3 aromatic heterocycles. The van der Waals surface area contributed by atoms with Crippen LogP contribution in [0, 0.1) is 6.92 Å². The highest BCUT2D eigenvalue weighted by Gasteiger charge is 2.19. The van der Waals surface area contributed by atoms with Gasteiger partial charge in [-0.1, -0.05) is 5.16 Å². The molecule has 0 atom stereocenters. The Labute approximate surface area is 183 Å². The summed E-state index contributed by atoms with van der Waals surface area (Å²) in [6, 6.07) is 9.36. The SMILES string of the molecule is Cc1noc(-c2ccc3nc(Nc4cc(CN5CCN(C(N)=O)CC5)ccn4)[nH]c3c2)n1. The van der Waals surface area contributed by atoms with Gasteiger partial charge in [-0.25, -0.2) is 14.8 Å². The predicted molar refractivity (Wildman–Crippen MR) is 118 cm³/mol. The van der Waals surface area contributed by atoms with Gasteiger partial charge in [0.2, 0.25) is 5.95 Å².